The van der Waals surface area contributed by atoms with Crippen LogP contribution in [0.4, 0.5) is 5.69 Å². The lowest BCUT2D eigenvalue weighted by atomic mass is 10.2. The molecule has 2 aromatic heterocycles. The van der Waals surface area contributed by atoms with Crippen molar-refractivity contribution in [3.63, 3.8) is 0 Å². The second-order valence-corrected chi connectivity index (χ2v) is 9.82. The molecule has 0 unspecified atom stereocenters. The number of para-hydroxylation sites is 2. The smallest absolute Gasteiger partial charge is 0.275 e. The second-order valence-electron chi connectivity index (χ2n) is 7.77. The van der Waals surface area contributed by atoms with Gasteiger partial charge in [-0.3, -0.25) is 9.59 Å². The summed E-state index contributed by atoms with van der Waals surface area (Å²) in [7, 11) is 0. The van der Waals surface area contributed by atoms with E-state index in [4.69, 9.17) is 4.74 Å². The summed E-state index contributed by atoms with van der Waals surface area (Å²) in [5.41, 5.74) is 2.19. The van der Waals surface area contributed by atoms with Crippen LogP contribution in [0, 0.1) is 6.92 Å². The van der Waals surface area contributed by atoms with Crippen LogP contribution in [-0.2, 0) is 17.0 Å². The average Bonchev–Trinajstić information content (AvgIpc) is 3.25. The van der Waals surface area contributed by atoms with Crippen molar-refractivity contribution in [3.8, 4) is 5.75 Å². The maximum atomic E-state index is 12.5. The zero-order valence-electron chi connectivity index (χ0n) is 19.1. The van der Waals surface area contributed by atoms with Crippen molar-refractivity contribution in [3.05, 3.63) is 81.2 Å². The number of nitrogens with zero attached hydrogens (tertiary/aromatic N) is 3. The Kier molecular flexibility index (Phi) is 7.97. The number of benzene rings is 2. The Morgan fingerprint density at radius 1 is 1.18 bits per heavy atom. The summed E-state index contributed by atoms with van der Waals surface area (Å²) in [6, 6.07) is 16.7. The van der Waals surface area contributed by atoms with Crippen LogP contribution >= 0.6 is 23.1 Å². The van der Waals surface area contributed by atoms with E-state index in [0.717, 1.165) is 34.7 Å². The van der Waals surface area contributed by atoms with Gasteiger partial charge in [0, 0.05) is 23.1 Å². The lowest BCUT2D eigenvalue weighted by Gasteiger charge is -2.12. The topological polar surface area (TPSA) is 85.6 Å². The zero-order chi connectivity index (χ0) is 23.9. The van der Waals surface area contributed by atoms with E-state index in [1.54, 1.807) is 0 Å². The van der Waals surface area contributed by atoms with E-state index in [2.05, 4.69) is 22.3 Å². The third-order valence-corrected chi connectivity index (χ3v) is 7.15. The van der Waals surface area contributed by atoms with Gasteiger partial charge in [0.15, 0.2) is 6.61 Å². The molecule has 9 heteroatoms. The molecule has 0 aliphatic carbocycles. The Hall–Kier alpha value is -3.17. The second kappa shape index (κ2) is 11.3. The van der Waals surface area contributed by atoms with Crippen LogP contribution in [0.15, 0.2) is 64.3 Å². The van der Waals surface area contributed by atoms with Crippen LogP contribution in [-0.4, -0.2) is 27.1 Å². The molecular weight excluding hydrogens is 468 g/mol. The number of carbonyl (C=O) groups is 1. The Morgan fingerprint density at radius 3 is 2.79 bits per heavy atom. The molecule has 2 aromatic carbocycles. The first kappa shape index (κ1) is 24.0. The van der Waals surface area contributed by atoms with E-state index in [1.807, 2.05) is 55.5 Å². The lowest BCUT2D eigenvalue weighted by Crippen LogP contribution is -2.20. The third-order valence-electron chi connectivity index (χ3n) is 5.07. The highest BCUT2D eigenvalue weighted by atomic mass is 32.2. The van der Waals surface area contributed by atoms with Gasteiger partial charge in [0.25, 0.3) is 11.5 Å². The first-order chi connectivity index (χ1) is 16.5. The standard InChI is InChI=1S/C25H26N4O3S2/c1-3-4-13-23-28-29-24(31)14-18(26-25(29)34-23)16-33-21-12-8-6-10-19(21)27-22(30)15-32-20-11-7-5-9-17(20)2/h5-12,14H,3-4,13,15-16H2,1-2H3,(H,27,30). The minimum atomic E-state index is -0.238. The van der Waals surface area contributed by atoms with Crippen molar-refractivity contribution < 1.29 is 9.53 Å². The maximum absolute atomic E-state index is 12.5. The van der Waals surface area contributed by atoms with Crippen molar-refractivity contribution in [2.24, 2.45) is 0 Å². The van der Waals surface area contributed by atoms with Crippen molar-refractivity contribution in [1.29, 1.82) is 0 Å². The molecule has 0 aliphatic heterocycles. The largest absolute Gasteiger partial charge is 0.483 e. The molecule has 0 aliphatic rings. The summed E-state index contributed by atoms with van der Waals surface area (Å²) < 4.78 is 7.03. The van der Waals surface area contributed by atoms with Gasteiger partial charge in [-0.1, -0.05) is 55.0 Å². The molecule has 2 heterocycles. The number of nitrogens with one attached hydrogen (secondary N) is 1. The van der Waals surface area contributed by atoms with Crippen molar-refractivity contribution in [1.82, 2.24) is 14.6 Å². The quantitative estimate of drug-likeness (QED) is 0.308. The molecule has 0 atom stereocenters. The van der Waals surface area contributed by atoms with E-state index in [1.165, 1.54) is 33.7 Å². The summed E-state index contributed by atoms with van der Waals surface area (Å²) in [5.74, 6) is 0.952. The molecule has 0 spiro atoms. The number of carbonyl (C=O) groups excluding carboxylic acids is 1. The van der Waals surface area contributed by atoms with E-state index in [0.29, 0.717) is 27.8 Å². The van der Waals surface area contributed by atoms with Gasteiger partial charge >= 0.3 is 0 Å². The fourth-order valence-corrected chi connectivity index (χ4v) is 5.15. The molecule has 4 rings (SSSR count). The monoisotopic (exact) mass is 494 g/mol. The number of hydrogen-bond acceptors (Lipinski definition) is 7. The summed E-state index contributed by atoms with van der Waals surface area (Å²) in [6.45, 7) is 3.99. The molecular formula is C25H26N4O3S2. The first-order valence-corrected chi connectivity index (χ1v) is 12.9. The van der Waals surface area contributed by atoms with E-state index in [9.17, 15) is 9.59 Å². The summed E-state index contributed by atoms with van der Waals surface area (Å²) in [4.78, 5) is 31.1. The van der Waals surface area contributed by atoms with Gasteiger partial charge in [-0.05, 0) is 37.1 Å². The Morgan fingerprint density at radius 2 is 1.97 bits per heavy atom. The number of fused-ring (bicyclic) bond motifs is 1. The Bertz CT molecular complexity index is 1350. The number of aryl methyl sites for hydroxylation is 2. The highest BCUT2D eigenvalue weighted by Gasteiger charge is 2.12. The zero-order valence-corrected chi connectivity index (χ0v) is 20.7. The molecule has 0 saturated heterocycles. The van der Waals surface area contributed by atoms with Gasteiger partial charge in [-0.15, -0.1) is 11.8 Å². The fourth-order valence-electron chi connectivity index (χ4n) is 3.29. The predicted octanol–water partition coefficient (Wildman–Crippen LogP) is 5.11. The van der Waals surface area contributed by atoms with Crippen molar-refractivity contribution in [2.45, 2.75) is 43.8 Å². The molecule has 176 valence electrons. The van der Waals surface area contributed by atoms with Gasteiger partial charge in [-0.25, -0.2) is 4.98 Å². The average molecular weight is 495 g/mol. The highest BCUT2D eigenvalue weighted by molar-refractivity contribution is 7.98. The molecule has 0 bridgehead atoms. The molecule has 34 heavy (non-hydrogen) atoms. The summed E-state index contributed by atoms with van der Waals surface area (Å²) in [5, 5.41) is 8.24. The Labute approximate surface area is 206 Å². The van der Waals surface area contributed by atoms with Crippen LogP contribution in [0.3, 0.4) is 0 Å². The molecule has 0 saturated carbocycles. The first-order valence-electron chi connectivity index (χ1n) is 11.1. The van der Waals surface area contributed by atoms with E-state index >= 15 is 0 Å². The van der Waals surface area contributed by atoms with E-state index < -0.39 is 0 Å². The fraction of sp³-hybridized carbons (Fsp3) is 0.280. The normalized spacial score (nSPS) is 11.0. The van der Waals surface area contributed by atoms with Gasteiger partial charge < -0.3 is 10.1 Å². The van der Waals surface area contributed by atoms with Crippen LogP contribution in [0.5, 0.6) is 5.75 Å². The molecule has 7 nitrogen and oxygen atoms in total. The van der Waals surface area contributed by atoms with Gasteiger partial charge in [-0.2, -0.15) is 9.61 Å². The SMILES string of the molecule is CCCCc1nn2c(=O)cc(CSc3ccccc3NC(=O)COc3ccccc3C)nc2s1. The number of ether oxygens (including phenoxy) is 1. The van der Waals surface area contributed by atoms with Crippen LogP contribution in [0.2, 0.25) is 0 Å². The number of amides is 1. The number of anilines is 1. The number of rotatable bonds is 10. The van der Waals surface area contributed by atoms with Gasteiger partial charge in [0.1, 0.15) is 10.8 Å². The summed E-state index contributed by atoms with van der Waals surface area (Å²) >= 11 is 2.98. The highest BCUT2D eigenvalue weighted by Crippen LogP contribution is 2.29. The predicted molar refractivity (Wildman–Crippen MR) is 137 cm³/mol. The number of thioether (sulfide) groups is 1. The minimum absolute atomic E-state index is 0.0788. The third kappa shape index (κ3) is 6.03. The number of unbranched alkanes of at least 4 members (excludes halogenated alkanes) is 1. The number of aromatic nitrogens is 3. The van der Waals surface area contributed by atoms with Crippen molar-refractivity contribution >= 4 is 39.7 Å². The molecule has 4 aromatic rings. The molecule has 0 fully saturated rings. The molecule has 1 N–H and O–H groups in total. The van der Waals surface area contributed by atoms with Gasteiger partial charge in [0.2, 0.25) is 4.96 Å². The number of hydrogen-bond donors (Lipinski definition) is 1. The van der Waals surface area contributed by atoms with Crippen LogP contribution in [0.25, 0.3) is 4.96 Å². The minimum Gasteiger partial charge on any atom is -0.483 e. The molecule has 0 radical (unpaired) electrons. The van der Waals surface area contributed by atoms with Crippen LogP contribution in [0.1, 0.15) is 36.0 Å². The molecule has 1 amide bonds. The van der Waals surface area contributed by atoms with Gasteiger partial charge in [0.05, 0.1) is 11.4 Å². The van der Waals surface area contributed by atoms with Crippen LogP contribution < -0.4 is 15.6 Å². The van der Waals surface area contributed by atoms with Crippen molar-refractivity contribution in [2.75, 3.05) is 11.9 Å². The maximum Gasteiger partial charge on any atom is 0.275 e. The van der Waals surface area contributed by atoms with E-state index in [-0.39, 0.29) is 18.1 Å². The summed E-state index contributed by atoms with van der Waals surface area (Å²) in [6.07, 6.45) is 2.97. The lowest BCUT2D eigenvalue weighted by molar-refractivity contribution is -0.118. The Balaban J connectivity index is 1.41.